The summed E-state index contributed by atoms with van der Waals surface area (Å²) in [6.07, 6.45) is 1.42. The highest BCUT2D eigenvalue weighted by molar-refractivity contribution is 7.89. The normalized spacial score (nSPS) is 19.7. The summed E-state index contributed by atoms with van der Waals surface area (Å²) in [7, 11) is -3.60. The summed E-state index contributed by atoms with van der Waals surface area (Å²) >= 11 is 0. The summed E-state index contributed by atoms with van der Waals surface area (Å²) in [4.78, 5) is 12.9. The average Bonchev–Trinajstić information content (AvgIpc) is 2.44. The van der Waals surface area contributed by atoms with E-state index >= 15 is 0 Å². The van der Waals surface area contributed by atoms with Crippen LogP contribution in [-0.2, 0) is 14.8 Å². The zero-order chi connectivity index (χ0) is 19.0. The topological polar surface area (TPSA) is 66.5 Å². The lowest BCUT2D eigenvalue weighted by atomic mass is 9.97. The maximum Gasteiger partial charge on any atom is 0.243 e. The van der Waals surface area contributed by atoms with Gasteiger partial charge < -0.3 is 5.32 Å². The molecule has 1 saturated heterocycles. The second kappa shape index (κ2) is 7.08. The van der Waals surface area contributed by atoms with Crippen LogP contribution in [0.5, 0.6) is 0 Å². The molecule has 0 spiro atoms. The molecule has 1 heterocycles. The van der Waals surface area contributed by atoms with Crippen LogP contribution in [-0.4, -0.2) is 37.3 Å². The smallest absolute Gasteiger partial charge is 0.243 e. The lowest BCUT2D eigenvalue weighted by Gasteiger charge is -2.33. The molecule has 0 saturated carbocycles. The van der Waals surface area contributed by atoms with Crippen LogP contribution in [0.25, 0.3) is 0 Å². The molecule has 140 valence electrons. The molecule has 1 fully saturated rings. The molecule has 1 aromatic carbocycles. The van der Waals surface area contributed by atoms with Gasteiger partial charge in [-0.3, -0.25) is 4.79 Å². The van der Waals surface area contributed by atoms with E-state index in [1.165, 1.54) is 4.31 Å². The van der Waals surface area contributed by atoms with Gasteiger partial charge in [0.05, 0.1) is 10.8 Å². The van der Waals surface area contributed by atoms with Crippen molar-refractivity contribution in [3.8, 4) is 0 Å². The molecule has 1 aliphatic heterocycles. The van der Waals surface area contributed by atoms with Crippen molar-refractivity contribution in [2.45, 2.75) is 64.8 Å². The van der Waals surface area contributed by atoms with Gasteiger partial charge in [-0.1, -0.05) is 17.7 Å². The fourth-order valence-electron chi connectivity index (χ4n) is 3.55. The summed E-state index contributed by atoms with van der Waals surface area (Å²) in [5.41, 5.74) is 2.26. The zero-order valence-electron chi connectivity index (χ0n) is 16.1. The number of aryl methyl sites for hydroxylation is 3. The Hall–Kier alpha value is -1.40. The minimum atomic E-state index is -3.60. The van der Waals surface area contributed by atoms with Crippen molar-refractivity contribution >= 4 is 15.9 Å². The quantitative estimate of drug-likeness (QED) is 0.894. The highest BCUT2D eigenvalue weighted by atomic mass is 32.2. The number of sulfonamides is 1. The van der Waals surface area contributed by atoms with Gasteiger partial charge in [-0.2, -0.15) is 4.31 Å². The molecule has 5 nitrogen and oxygen atoms in total. The highest BCUT2D eigenvalue weighted by Crippen LogP contribution is 2.29. The molecule has 1 atom stereocenters. The number of amides is 1. The lowest BCUT2D eigenvalue weighted by molar-refractivity contribution is -0.127. The Morgan fingerprint density at radius 2 is 1.72 bits per heavy atom. The third-order valence-corrected chi connectivity index (χ3v) is 6.63. The maximum atomic E-state index is 13.2. The molecule has 6 heteroatoms. The van der Waals surface area contributed by atoms with Gasteiger partial charge in [0.2, 0.25) is 15.9 Å². The first-order valence-electron chi connectivity index (χ1n) is 8.82. The third kappa shape index (κ3) is 4.61. The molecule has 0 radical (unpaired) electrons. The molecular weight excluding hydrogens is 336 g/mol. The van der Waals surface area contributed by atoms with Crippen LogP contribution >= 0.6 is 0 Å². The predicted octanol–water partition coefficient (Wildman–Crippen LogP) is 2.93. The van der Waals surface area contributed by atoms with Gasteiger partial charge >= 0.3 is 0 Å². The Labute approximate surface area is 151 Å². The Bertz CT molecular complexity index is 740. The number of piperidine rings is 1. The summed E-state index contributed by atoms with van der Waals surface area (Å²) in [6.45, 7) is 12.1. The first-order chi connectivity index (χ1) is 11.4. The molecule has 1 amide bonds. The van der Waals surface area contributed by atoms with Crippen LogP contribution in [0.3, 0.4) is 0 Å². The van der Waals surface area contributed by atoms with Crippen molar-refractivity contribution in [1.29, 1.82) is 0 Å². The second-order valence-electron chi connectivity index (χ2n) is 8.17. The van der Waals surface area contributed by atoms with E-state index in [0.717, 1.165) is 23.1 Å². The second-order valence-corrected chi connectivity index (χ2v) is 10.0. The summed E-state index contributed by atoms with van der Waals surface area (Å²) in [5.74, 6) is -0.362. The Morgan fingerprint density at radius 3 is 2.24 bits per heavy atom. The molecule has 1 N–H and O–H groups in total. The van der Waals surface area contributed by atoms with E-state index in [1.807, 2.05) is 53.7 Å². The van der Waals surface area contributed by atoms with Gasteiger partial charge in [0.1, 0.15) is 0 Å². The first kappa shape index (κ1) is 19.9. The number of carbonyl (C=O) groups excluding carboxylic acids is 1. The van der Waals surface area contributed by atoms with Gasteiger partial charge in [-0.05, 0) is 65.5 Å². The maximum absolute atomic E-state index is 13.2. The van der Waals surface area contributed by atoms with E-state index in [1.54, 1.807) is 0 Å². The van der Waals surface area contributed by atoms with Crippen molar-refractivity contribution in [2.24, 2.45) is 5.92 Å². The van der Waals surface area contributed by atoms with Crippen molar-refractivity contribution in [3.05, 3.63) is 28.8 Å². The van der Waals surface area contributed by atoms with E-state index in [9.17, 15) is 13.2 Å². The molecule has 1 aliphatic rings. The summed E-state index contributed by atoms with van der Waals surface area (Å²) < 4.78 is 27.9. The molecule has 0 unspecified atom stereocenters. The van der Waals surface area contributed by atoms with Gasteiger partial charge in [-0.15, -0.1) is 0 Å². The molecule has 1 aromatic rings. The number of carbonyl (C=O) groups is 1. The van der Waals surface area contributed by atoms with Gasteiger partial charge in [0, 0.05) is 18.6 Å². The molecule has 0 aromatic heterocycles. The number of nitrogens with one attached hydrogen (secondary N) is 1. The van der Waals surface area contributed by atoms with Gasteiger partial charge in [0.25, 0.3) is 0 Å². The molecule has 2 rings (SSSR count). The number of benzene rings is 1. The SMILES string of the molecule is Cc1cc(C)c(S(=O)(=O)N2CCC[C@@H](C(=O)NC(C)(C)C)C2)c(C)c1. The van der Waals surface area contributed by atoms with Crippen LogP contribution in [0.4, 0.5) is 0 Å². The Balaban J connectivity index is 2.27. The van der Waals surface area contributed by atoms with E-state index in [2.05, 4.69) is 5.32 Å². The number of rotatable bonds is 3. The number of nitrogens with zero attached hydrogens (tertiary/aromatic N) is 1. The fourth-order valence-corrected chi connectivity index (χ4v) is 5.48. The minimum Gasteiger partial charge on any atom is -0.351 e. The van der Waals surface area contributed by atoms with E-state index in [0.29, 0.717) is 17.9 Å². The minimum absolute atomic E-state index is 0.0650. The van der Waals surface area contributed by atoms with Crippen LogP contribution in [0.15, 0.2) is 17.0 Å². The van der Waals surface area contributed by atoms with Crippen molar-refractivity contribution in [1.82, 2.24) is 9.62 Å². The Kier molecular flexibility index (Phi) is 5.64. The Morgan fingerprint density at radius 1 is 1.16 bits per heavy atom. The number of hydrogen-bond donors (Lipinski definition) is 1. The van der Waals surface area contributed by atoms with E-state index in [-0.39, 0.29) is 23.9 Å². The monoisotopic (exact) mass is 366 g/mol. The van der Waals surface area contributed by atoms with E-state index < -0.39 is 10.0 Å². The molecule has 25 heavy (non-hydrogen) atoms. The van der Waals surface area contributed by atoms with Crippen molar-refractivity contribution < 1.29 is 13.2 Å². The first-order valence-corrected chi connectivity index (χ1v) is 10.3. The molecule has 0 aliphatic carbocycles. The molecule has 0 bridgehead atoms. The van der Waals surface area contributed by atoms with Crippen LogP contribution in [0, 0.1) is 26.7 Å². The molecular formula is C19H30N2O3S. The van der Waals surface area contributed by atoms with Crippen LogP contribution in [0.2, 0.25) is 0 Å². The predicted molar refractivity (Wildman–Crippen MR) is 100 cm³/mol. The van der Waals surface area contributed by atoms with Crippen molar-refractivity contribution in [2.75, 3.05) is 13.1 Å². The van der Waals surface area contributed by atoms with Crippen LogP contribution in [0.1, 0.15) is 50.3 Å². The average molecular weight is 367 g/mol. The highest BCUT2D eigenvalue weighted by Gasteiger charge is 2.35. The summed E-state index contributed by atoms with van der Waals surface area (Å²) in [6, 6.07) is 3.79. The van der Waals surface area contributed by atoms with Crippen molar-refractivity contribution in [3.63, 3.8) is 0 Å². The van der Waals surface area contributed by atoms with Crippen LogP contribution < -0.4 is 5.32 Å². The van der Waals surface area contributed by atoms with Gasteiger partial charge in [0.15, 0.2) is 0 Å². The third-order valence-electron chi connectivity index (χ3n) is 4.46. The largest absolute Gasteiger partial charge is 0.351 e. The van der Waals surface area contributed by atoms with Gasteiger partial charge in [-0.25, -0.2) is 8.42 Å². The van der Waals surface area contributed by atoms with E-state index in [4.69, 9.17) is 0 Å². The number of hydrogen-bond acceptors (Lipinski definition) is 3. The lowest BCUT2D eigenvalue weighted by Crippen LogP contribution is -2.49. The fraction of sp³-hybridized carbons (Fsp3) is 0.632. The standard InChI is InChI=1S/C19H30N2O3S/c1-13-10-14(2)17(15(3)11-13)25(23,24)21-9-7-8-16(12-21)18(22)20-19(4,5)6/h10-11,16H,7-9,12H2,1-6H3,(H,20,22)/t16-/m1/s1. The summed E-state index contributed by atoms with van der Waals surface area (Å²) in [5, 5.41) is 2.97. The zero-order valence-corrected chi connectivity index (χ0v) is 17.0.